The zero-order chi connectivity index (χ0) is 13.9. The highest BCUT2D eigenvalue weighted by Crippen LogP contribution is 2.26. The van der Waals surface area contributed by atoms with Gasteiger partial charge in [-0.05, 0) is 31.0 Å². The average Bonchev–Trinajstić information content (AvgIpc) is 3.08. The highest BCUT2D eigenvalue weighted by Gasteiger charge is 2.16. The summed E-state index contributed by atoms with van der Waals surface area (Å²) in [5.41, 5.74) is 2.29. The summed E-state index contributed by atoms with van der Waals surface area (Å²) < 4.78 is 15.8. The fraction of sp³-hybridized carbons (Fsp3) is 0.429. The summed E-state index contributed by atoms with van der Waals surface area (Å²) in [5, 5.41) is 11.0. The fourth-order valence-corrected chi connectivity index (χ4v) is 2.50. The van der Waals surface area contributed by atoms with E-state index < -0.39 is 0 Å². The molecule has 106 valence electrons. The van der Waals surface area contributed by atoms with E-state index in [0.29, 0.717) is 12.2 Å². The van der Waals surface area contributed by atoms with Gasteiger partial charge in [0.05, 0.1) is 12.2 Å². The smallest absolute Gasteiger partial charge is 0.148 e. The van der Waals surface area contributed by atoms with Gasteiger partial charge in [-0.3, -0.25) is 4.68 Å². The summed E-state index contributed by atoms with van der Waals surface area (Å²) in [7, 11) is 1.82. The van der Waals surface area contributed by atoms with Crippen molar-refractivity contribution < 1.29 is 4.39 Å². The molecule has 2 aromatic rings. The maximum Gasteiger partial charge on any atom is 0.148 e. The van der Waals surface area contributed by atoms with E-state index >= 15 is 0 Å². The van der Waals surface area contributed by atoms with Gasteiger partial charge in [-0.25, -0.2) is 4.39 Å². The Balaban J connectivity index is 1.67. The van der Waals surface area contributed by atoms with Gasteiger partial charge < -0.3 is 10.2 Å². The third-order valence-electron chi connectivity index (χ3n) is 3.52. The van der Waals surface area contributed by atoms with Crippen LogP contribution in [-0.4, -0.2) is 28.1 Å². The third kappa shape index (κ3) is 2.74. The Hall–Kier alpha value is -2.11. The molecule has 0 amide bonds. The van der Waals surface area contributed by atoms with Crippen LogP contribution < -0.4 is 10.2 Å². The normalized spacial score (nSPS) is 14.8. The van der Waals surface area contributed by atoms with Crippen LogP contribution in [-0.2, 0) is 13.6 Å². The second-order valence-corrected chi connectivity index (χ2v) is 5.10. The van der Waals surface area contributed by atoms with Gasteiger partial charge in [0, 0.05) is 32.0 Å². The molecule has 5 nitrogen and oxygen atoms in total. The quantitative estimate of drug-likeness (QED) is 0.929. The van der Waals surface area contributed by atoms with Crippen molar-refractivity contribution in [3.63, 3.8) is 0 Å². The number of anilines is 2. The molecule has 0 saturated carbocycles. The lowest BCUT2D eigenvalue weighted by Crippen LogP contribution is -2.18. The highest BCUT2D eigenvalue weighted by molar-refractivity contribution is 5.56. The summed E-state index contributed by atoms with van der Waals surface area (Å²) >= 11 is 0. The first-order chi connectivity index (χ1) is 9.72. The van der Waals surface area contributed by atoms with E-state index in [1.807, 2.05) is 25.4 Å². The van der Waals surface area contributed by atoms with E-state index in [1.54, 1.807) is 10.7 Å². The van der Waals surface area contributed by atoms with Gasteiger partial charge in [0.15, 0.2) is 0 Å². The first-order valence-electron chi connectivity index (χ1n) is 6.86. The standard InChI is InChI=1S/C14H18FN5/c1-19-10-12(17-18-19)9-16-11-4-5-14(13(15)8-11)20-6-2-3-7-20/h4-5,8,10,16H,2-3,6-7,9H2,1H3. The zero-order valence-corrected chi connectivity index (χ0v) is 11.5. The molecule has 0 bridgehead atoms. The Bertz CT molecular complexity index is 589. The molecular formula is C14H18FN5. The number of rotatable bonds is 4. The van der Waals surface area contributed by atoms with E-state index in [-0.39, 0.29) is 5.82 Å². The first kappa shape index (κ1) is 12.9. The molecule has 0 aliphatic carbocycles. The molecule has 1 fully saturated rings. The lowest BCUT2D eigenvalue weighted by molar-refractivity contribution is 0.623. The molecule has 0 unspecified atom stereocenters. The van der Waals surface area contributed by atoms with E-state index in [1.165, 1.54) is 0 Å². The van der Waals surface area contributed by atoms with Crippen molar-refractivity contribution in [2.75, 3.05) is 23.3 Å². The second-order valence-electron chi connectivity index (χ2n) is 5.10. The maximum absolute atomic E-state index is 14.1. The van der Waals surface area contributed by atoms with Gasteiger partial charge in [-0.2, -0.15) is 0 Å². The topological polar surface area (TPSA) is 46.0 Å². The number of aryl methyl sites for hydroxylation is 1. The van der Waals surface area contributed by atoms with Gasteiger partial charge in [0.2, 0.25) is 0 Å². The van der Waals surface area contributed by atoms with Crippen LogP contribution in [0, 0.1) is 5.82 Å². The predicted octanol–water partition coefficient (Wildman–Crippen LogP) is 2.17. The molecule has 0 spiro atoms. The second kappa shape index (κ2) is 5.48. The Labute approximate surface area is 117 Å². The molecule has 1 aromatic heterocycles. The summed E-state index contributed by atoms with van der Waals surface area (Å²) in [6.45, 7) is 2.43. The van der Waals surface area contributed by atoms with Crippen LogP contribution in [0.3, 0.4) is 0 Å². The number of aromatic nitrogens is 3. The molecule has 0 atom stereocenters. The molecule has 1 saturated heterocycles. The molecule has 20 heavy (non-hydrogen) atoms. The molecule has 1 N–H and O–H groups in total. The first-order valence-corrected chi connectivity index (χ1v) is 6.86. The van der Waals surface area contributed by atoms with Crippen molar-refractivity contribution in [1.82, 2.24) is 15.0 Å². The molecule has 1 aliphatic rings. The Morgan fingerprint density at radius 2 is 2.10 bits per heavy atom. The van der Waals surface area contributed by atoms with Crippen molar-refractivity contribution in [3.05, 3.63) is 35.9 Å². The largest absolute Gasteiger partial charge is 0.379 e. The van der Waals surface area contributed by atoms with E-state index in [2.05, 4.69) is 20.5 Å². The van der Waals surface area contributed by atoms with Gasteiger partial charge in [-0.15, -0.1) is 5.10 Å². The minimum Gasteiger partial charge on any atom is -0.379 e. The SMILES string of the molecule is Cn1cc(CNc2ccc(N3CCCC3)c(F)c2)nn1. The molecule has 1 aromatic carbocycles. The molecule has 2 heterocycles. The van der Waals surface area contributed by atoms with Gasteiger partial charge in [-0.1, -0.05) is 5.21 Å². The van der Waals surface area contributed by atoms with Crippen LogP contribution in [0.4, 0.5) is 15.8 Å². The summed E-state index contributed by atoms with van der Waals surface area (Å²) in [5.74, 6) is -0.170. The minimum absolute atomic E-state index is 0.170. The van der Waals surface area contributed by atoms with Crippen molar-refractivity contribution in [3.8, 4) is 0 Å². The lowest BCUT2D eigenvalue weighted by atomic mass is 10.2. The molecule has 0 radical (unpaired) electrons. The maximum atomic E-state index is 14.1. The van der Waals surface area contributed by atoms with Crippen LogP contribution in [0.5, 0.6) is 0 Å². The van der Waals surface area contributed by atoms with Crippen LogP contribution in [0.1, 0.15) is 18.5 Å². The van der Waals surface area contributed by atoms with E-state index in [9.17, 15) is 4.39 Å². The Morgan fingerprint density at radius 1 is 1.30 bits per heavy atom. The number of benzene rings is 1. The van der Waals surface area contributed by atoms with E-state index in [0.717, 1.165) is 37.3 Å². The average molecular weight is 275 g/mol. The van der Waals surface area contributed by atoms with Gasteiger partial charge >= 0.3 is 0 Å². The predicted molar refractivity (Wildman–Crippen MR) is 76.2 cm³/mol. The Morgan fingerprint density at radius 3 is 2.75 bits per heavy atom. The number of halogens is 1. The third-order valence-corrected chi connectivity index (χ3v) is 3.52. The van der Waals surface area contributed by atoms with Crippen LogP contribution in [0.25, 0.3) is 0 Å². The number of hydrogen-bond donors (Lipinski definition) is 1. The number of nitrogens with one attached hydrogen (secondary N) is 1. The molecular weight excluding hydrogens is 257 g/mol. The van der Waals surface area contributed by atoms with E-state index in [4.69, 9.17) is 0 Å². The minimum atomic E-state index is -0.170. The van der Waals surface area contributed by atoms with Crippen molar-refractivity contribution in [2.45, 2.75) is 19.4 Å². The van der Waals surface area contributed by atoms with Crippen molar-refractivity contribution in [1.29, 1.82) is 0 Å². The highest BCUT2D eigenvalue weighted by atomic mass is 19.1. The number of nitrogens with zero attached hydrogens (tertiary/aromatic N) is 4. The number of hydrogen-bond acceptors (Lipinski definition) is 4. The van der Waals surface area contributed by atoms with Gasteiger partial charge in [0.25, 0.3) is 0 Å². The molecule has 1 aliphatic heterocycles. The summed E-state index contributed by atoms with van der Waals surface area (Å²) in [6.07, 6.45) is 4.13. The molecule has 3 rings (SSSR count). The monoisotopic (exact) mass is 275 g/mol. The molecule has 6 heteroatoms. The van der Waals surface area contributed by atoms with Crippen LogP contribution in [0.15, 0.2) is 24.4 Å². The fourth-order valence-electron chi connectivity index (χ4n) is 2.50. The van der Waals surface area contributed by atoms with Gasteiger partial charge in [0.1, 0.15) is 11.5 Å². The summed E-state index contributed by atoms with van der Waals surface area (Å²) in [6, 6.07) is 5.30. The van der Waals surface area contributed by atoms with Crippen molar-refractivity contribution in [2.24, 2.45) is 7.05 Å². The zero-order valence-electron chi connectivity index (χ0n) is 11.5. The van der Waals surface area contributed by atoms with Crippen molar-refractivity contribution >= 4 is 11.4 Å². The Kier molecular flexibility index (Phi) is 3.54. The summed E-state index contributed by atoms with van der Waals surface area (Å²) in [4.78, 5) is 2.10. The van der Waals surface area contributed by atoms with Crippen LogP contribution >= 0.6 is 0 Å². The lowest BCUT2D eigenvalue weighted by Gasteiger charge is -2.18. The van der Waals surface area contributed by atoms with Crippen LogP contribution in [0.2, 0.25) is 0 Å².